The lowest BCUT2D eigenvalue weighted by Crippen LogP contribution is -2.03. The molecule has 0 radical (unpaired) electrons. The summed E-state index contributed by atoms with van der Waals surface area (Å²) >= 11 is 0. The quantitative estimate of drug-likeness (QED) is 0.858. The van der Waals surface area contributed by atoms with E-state index in [4.69, 9.17) is 4.42 Å². The largest absolute Gasteiger partial charge is 0.444 e. The Kier molecular flexibility index (Phi) is 2.80. The van der Waals surface area contributed by atoms with Crippen molar-refractivity contribution in [3.05, 3.63) is 35.6 Å². The van der Waals surface area contributed by atoms with E-state index >= 15 is 0 Å². The molecule has 0 aliphatic carbocycles. The molecule has 0 aliphatic heterocycles. The van der Waals surface area contributed by atoms with Crippen molar-refractivity contribution < 1.29 is 8.81 Å². The summed E-state index contributed by atoms with van der Waals surface area (Å²) in [6, 6.07) is 0. The number of hydrogen-bond donors (Lipinski definition) is 1. The van der Waals surface area contributed by atoms with E-state index in [1.54, 1.807) is 0 Å². The van der Waals surface area contributed by atoms with Gasteiger partial charge in [-0.05, 0) is 13.8 Å². The molecule has 0 aromatic carbocycles. The van der Waals surface area contributed by atoms with Crippen LogP contribution in [0.2, 0.25) is 0 Å². The minimum absolute atomic E-state index is 0.343. The van der Waals surface area contributed by atoms with Crippen LogP contribution in [0.15, 0.2) is 16.8 Å². The fourth-order valence-corrected chi connectivity index (χ4v) is 1.17. The molecule has 0 saturated heterocycles. The van der Waals surface area contributed by atoms with Gasteiger partial charge in [0.1, 0.15) is 5.76 Å². The van der Waals surface area contributed by atoms with Crippen LogP contribution in [0.3, 0.4) is 0 Å². The molecule has 0 unspecified atom stereocenters. The smallest absolute Gasteiger partial charge is 0.223 e. The molecule has 5 nitrogen and oxygen atoms in total. The third kappa shape index (κ3) is 2.33. The summed E-state index contributed by atoms with van der Waals surface area (Å²) < 4.78 is 17.9. The van der Waals surface area contributed by atoms with Crippen molar-refractivity contribution >= 4 is 5.95 Å². The Morgan fingerprint density at radius 3 is 2.56 bits per heavy atom. The Labute approximate surface area is 91.8 Å². The van der Waals surface area contributed by atoms with E-state index in [9.17, 15) is 4.39 Å². The number of rotatable bonds is 3. The maximum atomic E-state index is 12.5. The molecule has 84 valence electrons. The molecule has 0 saturated carbocycles. The standard InChI is InChI=1S/C10H11FN4O/c1-6-7(2)16-9(15-6)5-14-10-12-3-8(11)4-13-10/h3-4H,5H2,1-2H3,(H,12,13,14). The second-order valence-corrected chi connectivity index (χ2v) is 3.33. The first-order chi connectivity index (χ1) is 7.65. The van der Waals surface area contributed by atoms with Gasteiger partial charge in [0.25, 0.3) is 0 Å². The Balaban J connectivity index is 1.99. The summed E-state index contributed by atoms with van der Waals surface area (Å²) in [6.07, 6.45) is 2.20. The number of aromatic nitrogens is 3. The molecular weight excluding hydrogens is 211 g/mol. The number of oxazole rings is 1. The molecule has 0 amide bonds. The zero-order valence-electron chi connectivity index (χ0n) is 8.99. The molecule has 2 heterocycles. The van der Waals surface area contributed by atoms with E-state index in [1.165, 1.54) is 0 Å². The maximum absolute atomic E-state index is 12.5. The number of nitrogens with zero attached hydrogens (tertiary/aromatic N) is 3. The van der Waals surface area contributed by atoms with Crippen LogP contribution in [0.5, 0.6) is 0 Å². The van der Waals surface area contributed by atoms with Crippen molar-refractivity contribution in [1.29, 1.82) is 0 Å². The second kappa shape index (κ2) is 4.26. The lowest BCUT2D eigenvalue weighted by molar-refractivity contribution is 0.477. The molecule has 16 heavy (non-hydrogen) atoms. The molecule has 2 rings (SSSR count). The number of nitrogens with one attached hydrogen (secondary N) is 1. The van der Waals surface area contributed by atoms with Crippen LogP contribution in [0.4, 0.5) is 10.3 Å². The third-order valence-electron chi connectivity index (χ3n) is 2.09. The maximum Gasteiger partial charge on any atom is 0.223 e. The van der Waals surface area contributed by atoms with Crippen molar-refractivity contribution in [3.8, 4) is 0 Å². The molecule has 0 fully saturated rings. The Morgan fingerprint density at radius 1 is 1.31 bits per heavy atom. The lowest BCUT2D eigenvalue weighted by atomic mass is 10.4. The first-order valence-corrected chi connectivity index (χ1v) is 4.79. The molecular formula is C10H11FN4O. The Morgan fingerprint density at radius 2 is 2.00 bits per heavy atom. The number of anilines is 1. The molecule has 0 bridgehead atoms. The van der Waals surface area contributed by atoms with Crippen LogP contribution < -0.4 is 5.32 Å². The van der Waals surface area contributed by atoms with E-state index in [0.29, 0.717) is 18.4 Å². The highest BCUT2D eigenvalue weighted by Crippen LogP contribution is 2.09. The van der Waals surface area contributed by atoms with Gasteiger partial charge in [0.2, 0.25) is 11.8 Å². The summed E-state index contributed by atoms with van der Waals surface area (Å²) in [5.74, 6) is 1.23. The van der Waals surface area contributed by atoms with Gasteiger partial charge >= 0.3 is 0 Å². The first kappa shape index (κ1) is 10.5. The summed E-state index contributed by atoms with van der Waals surface area (Å²) in [5.41, 5.74) is 0.858. The van der Waals surface area contributed by atoms with Gasteiger partial charge in [-0.3, -0.25) is 0 Å². The van der Waals surface area contributed by atoms with E-state index in [1.807, 2.05) is 13.8 Å². The topological polar surface area (TPSA) is 63.8 Å². The minimum atomic E-state index is -0.464. The van der Waals surface area contributed by atoms with E-state index in [0.717, 1.165) is 23.8 Å². The molecule has 0 atom stereocenters. The highest BCUT2D eigenvalue weighted by Gasteiger charge is 2.05. The molecule has 2 aromatic heterocycles. The van der Waals surface area contributed by atoms with Gasteiger partial charge in [-0.2, -0.15) is 0 Å². The molecule has 0 spiro atoms. The van der Waals surface area contributed by atoms with Crippen molar-refractivity contribution in [3.63, 3.8) is 0 Å². The molecule has 0 aliphatic rings. The second-order valence-electron chi connectivity index (χ2n) is 3.33. The van der Waals surface area contributed by atoms with Crippen molar-refractivity contribution in [2.24, 2.45) is 0 Å². The highest BCUT2D eigenvalue weighted by atomic mass is 19.1. The normalized spacial score (nSPS) is 10.4. The monoisotopic (exact) mass is 222 g/mol. The van der Waals surface area contributed by atoms with Gasteiger partial charge in [-0.1, -0.05) is 0 Å². The number of halogens is 1. The first-order valence-electron chi connectivity index (χ1n) is 4.79. The average molecular weight is 222 g/mol. The van der Waals surface area contributed by atoms with Crippen molar-refractivity contribution in [1.82, 2.24) is 15.0 Å². The number of aryl methyl sites for hydroxylation is 2. The van der Waals surface area contributed by atoms with Gasteiger partial charge in [-0.15, -0.1) is 0 Å². The SMILES string of the molecule is Cc1nc(CNc2ncc(F)cn2)oc1C. The van der Waals surface area contributed by atoms with Gasteiger partial charge in [-0.25, -0.2) is 19.3 Å². The summed E-state index contributed by atoms with van der Waals surface area (Å²) in [6.45, 7) is 4.09. The summed E-state index contributed by atoms with van der Waals surface area (Å²) in [5, 5.41) is 2.88. The van der Waals surface area contributed by atoms with E-state index < -0.39 is 5.82 Å². The van der Waals surface area contributed by atoms with Crippen LogP contribution in [0, 0.1) is 19.7 Å². The fraction of sp³-hybridized carbons (Fsp3) is 0.300. The van der Waals surface area contributed by atoms with Gasteiger partial charge in [0.05, 0.1) is 24.6 Å². The Hall–Kier alpha value is -1.98. The zero-order valence-corrected chi connectivity index (χ0v) is 8.99. The summed E-state index contributed by atoms with van der Waals surface area (Å²) in [7, 11) is 0. The number of hydrogen-bond acceptors (Lipinski definition) is 5. The van der Waals surface area contributed by atoms with Gasteiger partial charge in [0, 0.05) is 0 Å². The van der Waals surface area contributed by atoms with Crippen LogP contribution in [-0.4, -0.2) is 15.0 Å². The van der Waals surface area contributed by atoms with Crippen LogP contribution in [-0.2, 0) is 6.54 Å². The van der Waals surface area contributed by atoms with Crippen LogP contribution in [0.1, 0.15) is 17.3 Å². The van der Waals surface area contributed by atoms with E-state index in [2.05, 4.69) is 20.3 Å². The molecule has 6 heteroatoms. The van der Waals surface area contributed by atoms with Crippen LogP contribution >= 0.6 is 0 Å². The Bertz CT molecular complexity index is 461. The molecule has 2 aromatic rings. The predicted octanol–water partition coefficient (Wildman–Crippen LogP) is 1.83. The van der Waals surface area contributed by atoms with Crippen molar-refractivity contribution in [2.45, 2.75) is 20.4 Å². The lowest BCUT2D eigenvalue weighted by Gasteiger charge is -2.00. The van der Waals surface area contributed by atoms with Gasteiger partial charge in [0.15, 0.2) is 5.82 Å². The fourth-order valence-electron chi connectivity index (χ4n) is 1.17. The van der Waals surface area contributed by atoms with E-state index in [-0.39, 0.29) is 0 Å². The third-order valence-corrected chi connectivity index (χ3v) is 2.09. The van der Waals surface area contributed by atoms with Crippen LogP contribution in [0.25, 0.3) is 0 Å². The van der Waals surface area contributed by atoms with Crippen molar-refractivity contribution in [2.75, 3.05) is 5.32 Å². The average Bonchev–Trinajstić information content (AvgIpc) is 2.58. The molecule has 1 N–H and O–H groups in total. The summed E-state index contributed by atoms with van der Waals surface area (Å²) in [4.78, 5) is 11.7. The minimum Gasteiger partial charge on any atom is -0.444 e. The van der Waals surface area contributed by atoms with Gasteiger partial charge < -0.3 is 9.73 Å². The highest BCUT2D eigenvalue weighted by molar-refractivity contribution is 5.23. The zero-order chi connectivity index (χ0) is 11.5. The predicted molar refractivity (Wildman–Crippen MR) is 55.3 cm³/mol.